The van der Waals surface area contributed by atoms with E-state index in [0.29, 0.717) is 18.4 Å². The van der Waals surface area contributed by atoms with Crippen molar-refractivity contribution in [3.63, 3.8) is 0 Å². The molecule has 4 heteroatoms. The van der Waals surface area contributed by atoms with E-state index in [-0.39, 0.29) is 18.7 Å². The van der Waals surface area contributed by atoms with Gasteiger partial charge in [-0.25, -0.2) is 0 Å². The van der Waals surface area contributed by atoms with Crippen LogP contribution in [0.2, 0.25) is 0 Å². The monoisotopic (exact) mass is 335 g/mol. The van der Waals surface area contributed by atoms with Gasteiger partial charge >= 0.3 is 5.97 Å². The van der Waals surface area contributed by atoms with Gasteiger partial charge in [-0.1, -0.05) is 36.9 Å². The minimum absolute atomic E-state index is 0.0861. The standard InChI is InChI=1S/C21H21NO3/c1-3-14-24-21(23)13-4-16(2)25-20-11-9-19(10-12-20)18-7-5-17(15-22)6-8-18/h3,5-12,16H,1,4,13-14H2,2H3. The molecule has 2 aromatic rings. The molecule has 0 amide bonds. The number of nitrogens with zero attached hydrogens (tertiary/aromatic N) is 1. The maximum atomic E-state index is 11.5. The second kappa shape index (κ2) is 9.29. The molecule has 128 valence electrons. The third-order valence-corrected chi connectivity index (χ3v) is 3.66. The maximum Gasteiger partial charge on any atom is 0.306 e. The highest BCUT2D eigenvalue weighted by molar-refractivity contribution is 5.69. The number of hydrogen-bond acceptors (Lipinski definition) is 4. The molecule has 1 atom stereocenters. The lowest BCUT2D eigenvalue weighted by molar-refractivity contribution is -0.142. The van der Waals surface area contributed by atoms with Gasteiger partial charge in [0.25, 0.3) is 0 Å². The third kappa shape index (κ3) is 5.82. The number of benzene rings is 2. The van der Waals surface area contributed by atoms with Crippen LogP contribution in [0.5, 0.6) is 5.75 Å². The van der Waals surface area contributed by atoms with Gasteiger partial charge in [-0.2, -0.15) is 5.26 Å². The van der Waals surface area contributed by atoms with Crippen molar-refractivity contribution < 1.29 is 14.3 Å². The van der Waals surface area contributed by atoms with E-state index >= 15 is 0 Å². The summed E-state index contributed by atoms with van der Waals surface area (Å²) in [7, 11) is 0. The van der Waals surface area contributed by atoms with E-state index in [2.05, 4.69) is 12.6 Å². The van der Waals surface area contributed by atoms with Gasteiger partial charge in [-0.15, -0.1) is 0 Å². The van der Waals surface area contributed by atoms with Gasteiger partial charge in [0.15, 0.2) is 0 Å². The molecule has 0 bridgehead atoms. The van der Waals surface area contributed by atoms with E-state index in [1.165, 1.54) is 0 Å². The van der Waals surface area contributed by atoms with Gasteiger partial charge in [0.05, 0.1) is 17.7 Å². The number of hydrogen-bond donors (Lipinski definition) is 0. The summed E-state index contributed by atoms with van der Waals surface area (Å²) in [5.74, 6) is 0.510. The predicted molar refractivity (Wildman–Crippen MR) is 97.1 cm³/mol. The number of carbonyl (C=O) groups is 1. The van der Waals surface area contributed by atoms with E-state index < -0.39 is 0 Å². The van der Waals surface area contributed by atoms with Crippen molar-refractivity contribution in [2.75, 3.05) is 6.61 Å². The second-order valence-electron chi connectivity index (χ2n) is 5.65. The minimum atomic E-state index is -0.244. The molecule has 2 rings (SSSR count). The van der Waals surface area contributed by atoms with Gasteiger partial charge in [-0.05, 0) is 48.7 Å². The second-order valence-corrected chi connectivity index (χ2v) is 5.65. The molecule has 0 aliphatic carbocycles. The van der Waals surface area contributed by atoms with E-state index in [4.69, 9.17) is 14.7 Å². The van der Waals surface area contributed by atoms with Crippen LogP contribution in [-0.4, -0.2) is 18.7 Å². The highest BCUT2D eigenvalue weighted by Gasteiger charge is 2.09. The van der Waals surface area contributed by atoms with Crippen molar-refractivity contribution >= 4 is 5.97 Å². The number of esters is 1. The Morgan fingerprint density at radius 2 is 1.76 bits per heavy atom. The van der Waals surface area contributed by atoms with Gasteiger partial charge in [0, 0.05) is 6.42 Å². The van der Waals surface area contributed by atoms with Crippen LogP contribution in [0.15, 0.2) is 61.2 Å². The lowest BCUT2D eigenvalue weighted by atomic mass is 10.0. The largest absolute Gasteiger partial charge is 0.491 e. The summed E-state index contributed by atoms with van der Waals surface area (Å²) in [5.41, 5.74) is 2.74. The lowest BCUT2D eigenvalue weighted by Gasteiger charge is -2.14. The fourth-order valence-electron chi connectivity index (χ4n) is 2.30. The maximum absolute atomic E-state index is 11.5. The molecule has 0 spiro atoms. The smallest absolute Gasteiger partial charge is 0.306 e. The van der Waals surface area contributed by atoms with Crippen molar-refractivity contribution in [3.8, 4) is 22.9 Å². The highest BCUT2D eigenvalue weighted by Crippen LogP contribution is 2.23. The first-order valence-electron chi connectivity index (χ1n) is 8.16. The molecule has 0 radical (unpaired) electrons. The first-order valence-corrected chi connectivity index (χ1v) is 8.16. The Morgan fingerprint density at radius 1 is 1.16 bits per heavy atom. The van der Waals surface area contributed by atoms with Crippen LogP contribution in [0.4, 0.5) is 0 Å². The Hall–Kier alpha value is -3.06. The lowest BCUT2D eigenvalue weighted by Crippen LogP contribution is -2.15. The fourth-order valence-corrected chi connectivity index (χ4v) is 2.30. The molecule has 0 fully saturated rings. The first kappa shape index (κ1) is 18.3. The summed E-state index contributed by atoms with van der Waals surface area (Å²) in [6.07, 6.45) is 2.37. The normalized spacial score (nSPS) is 11.2. The summed E-state index contributed by atoms with van der Waals surface area (Å²) in [6.45, 7) is 5.67. The molecule has 0 aliphatic heterocycles. The Morgan fingerprint density at radius 3 is 2.32 bits per heavy atom. The molecule has 0 aliphatic rings. The van der Waals surface area contributed by atoms with Crippen molar-refractivity contribution in [1.82, 2.24) is 0 Å². The molecule has 0 saturated heterocycles. The Balaban J connectivity index is 1.88. The summed E-state index contributed by atoms with van der Waals surface area (Å²) in [6, 6.07) is 17.3. The SMILES string of the molecule is C=CCOC(=O)CCC(C)Oc1ccc(-c2ccc(C#N)cc2)cc1. The summed E-state index contributed by atoms with van der Waals surface area (Å²) < 4.78 is 10.8. The summed E-state index contributed by atoms with van der Waals surface area (Å²) >= 11 is 0. The van der Waals surface area contributed by atoms with Crippen LogP contribution < -0.4 is 4.74 Å². The first-order chi connectivity index (χ1) is 12.1. The molecule has 2 aromatic carbocycles. The van der Waals surface area contributed by atoms with E-state index in [0.717, 1.165) is 16.9 Å². The third-order valence-electron chi connectivity index (χ3n) is 3.66. The number of carbonyl (C=O) groups excluding carboxylic acids is 1. The Kier molecular flexibility index (Phi) is 6.79. The van der Waals surface area contributed by atoms with Crippen molar-refractivity contribution in [2.45, 2.75) is 25.9 Å². The van der Waals surface area contributed by atoms with Crippen LogP contribution in [0.1, 0.15) is 25.3 Å². The van der Waals surface area contributed by atoms with Crippen LogP contribution in [0.3, 0.4) is 0 Å². The van der Waals surface area contributed by atoms with Crippen LogP contribution in [0, 0.1) is 11.3 Å². The molecular weight excluding hydrogens is 314 g/mol. The van der Waals surface area contributed by atoms with E-state index in [1.807, 2.05) is 43.3 Å². The van der Waals surface area contributed by atoms with Gasteiger partial charge in [0.2, 0.25) is 0 Å². The zero-order chi connectivity index (χ0) is 18.1. The topological polar surface area (TPSA) is 59.3 Å². The Labute approximate surface area is 148 Å². The summed E-state index contributed by atoms with van der Waals surface area (Å²) in [5, 5.41) is 8.84. The zero-order valence-corrected chi connectivity index (χ0v) is 14.3. The Bertz CT molecular complexity index is 742. The van der Waals surface area contributed by atoms with Crippen molar-refractivity contribution in [1.29, 1.82) is 5.26 Å². The van der Waals surface area contributed by atoms with Crippen molar-refractivity contribution in [3.05, 3.63) is 66.7 Å². The summed E-state index contributed by atoms with van der Waals surface area (Å²) in [4.78, 5) is 11.5. The zero-order valence-electron chi connectivity index (χ0n) is 14.3. The molecule has 25 heavy (non-hydrogen) atoms. The van der Waals surface area contributed by atoms with Gasteiger partial charge in [0.1, 0.15) is 12.4 Å². The molecular formula is C21H21NO3. The minimum Gasteiger partial charge on any atom is -0.491 e. The average molecular weight is 335 g/mol. The number of rotatable bonds is 8. The molecule has 0 heterocycles. The molecule has 0 N–H and O–H groups in total. The molecule has 1 unspecified atom stereocenters. The van der Waals surface area contributed by atoms with Crippen LogP contribution >= 0.6 is 0 Å². The van der Waals surface area contributed by atoms with Gasteiger partial charge in [-0.3, -0.25) is 4.79 Å². The average Bonchev–Trinajstić information content (AvgIpc) is 2.65. The van der Waals surface area contributed by atoms with Gasteiger partial charge < -0.3 is 9.47 Å². The highest BCUT2D eigenvalue weighted by atomic mass is 16.5. The fraction of sp³-hybridized carbons (Fsp3) is 0.238. The number of nitriles is 1. The molecule has 4 nitrogen and oxygen atoms in total. The molecule has 0 saturated carbocycles. The molecule has 0 aromatic heterocycles. The number of ether oxygens (including phenoxy) is 2. The van der Waals surface area contributed by atoms with Crippen LogP contribution in [0.25, 0.3) is 11.1 Å². The van der Waals surface area contributed by atoms with Crippen molar-refractivity contribution in [2.24, 2.45) is 0 Å². The van der Waals surface area contributed by atoms with Crippen LogP contribution in [-0.2, 0) is 9.53 Å². The van der Waals surface area contributed by atoms with E-state index in [1.54, 1.807) is 18.2 Å². The predicted octanol–water partition coefficient (Wildman–Crippen LogP) is 4.50. The quantitative estimate of drug-likeness (QED) is 0.526. The van der Waals surface area contributed by atoms with E-state index in [9.17, 15) is 4.79 Å².